The van der Waals surface area contributed by atoms with Gasteiger partial charge in [-0.2, -0.15) is 0 Å². The molecule has 1 aliphatic rings. The van der Waals surface area contributed by atoms with Crippen molar-refractivity contribution in [3.63, 3.8) is 0 Å². The standard InChI is InChI=1S/C32H40N6O6/c1-32(2,3)27-19-28(37-44-27)36-31(40)35-21-10-8-11-22(16-21)42-30-23-17-25(41-4)26(18-24(23)33-20-34-30)43-29(12-9-15-39)38-13-6-5-7-14-38/h8,10-11,16-20,29,39H,5-7,9,12-15H2,1-4H3,(H2,35,36,37,40). The Hall–Kier alpha value is -4.42. The van der Waals surface area contributed by atoms with Crippen LogP contribution in [0.2, 0.25) is 0 Å². The normalized spacial score (nSPS) is 14.7. The van der Waals surface area contributed by atoms with Crippen LogP contribution in [0.3, 0.4) is 0 Å². The minimum absolute atomic E-state index is 0.109. The van der Waals surface area contributed by atoms with E-state index in [9.17, 15) is 9.90 Å². The first kappa shape index (κ1) is 31.0. The third-order valence-electron chi connectivity index (χ3n) is 7.35. The fourth-order valence-corrected chi connectivity index (χ4v) is 5.02. The molecule has 0 spiro atoms. The molecule has 44 heavy (non-hydrogen) atoms. The molecule has 2 aromatic heterocycles. The number of aliphatic hydroxyl groups excluding tert-OH is 1. The molecule has 4 aromatic rings. The van der Waals surface area contributed by atoms with Gasteiger partial charge in [0.2, 0.25) is 5.88 Å². The van der Waals surface area contributed by atoms with Crippen molar-refractivity contribution in [3.05, 3.63) is 54.6 Å². The molecule has 1 saturated heterocycles. The van der Waals surface area contributed by atoms with E-state index in [4.69, 9.17) is 18.7 Å². The number of hydrogen-bond donors (Lipinski definition) is 3. The highest BCUT2D eigenvalue weighted by atomic mass is 16.5. The highest BCUT2D eigenvalue weighted by molar-refractivity contribution is 5.99. The summed E-state index contributed by atoms with van der Waals surface area (Å²) in [6.07, 6.45) is 6.08. The van der Waals surface area contributed by atoms with E-state index in [1.807, 2.05) is 26.8 Å². The first-order valence-corrected chi connectivity index (χ1v) is 14.9. The Morgan fingerprint density at radius 1 is 1.07 bits per heavy atom. The molecule has 0 bridgehead atoms. The van der Waals surface area contributed by atoms with Crippen molar-refractivity contribution in [2.24, 2.45) is 0 Å². The van der Waals surface area contributed by atoms with Gasteiger partial charge in [0.25, 0.3) is 0 Å². The molecule has 1 atom stereocenters. The smallest absolute Gasteiger partial charge is 0.324 e. The number of amides is 2. The van der Waals surface area contributed by atoms with Crippen molar-refractivity contribution in [1.82, 2.24) is 20.0 Å². The summed E-state index contributed by atoms with van der Waals surface area (Å²) >= 11 is 0. The maximum atomic E-state index is 12.6. The molecule has 5 rings (SSSR count). The highest BCUT2D eigenvalue weighted by Gasteiger charge is 2.24. The van der Waals surface area contributed by atoms with Crippen molar-refractivity contribution in [2.45, 2.75) is 64.5 Å². The number of piperidine rings is 1. The highest BCUT2D eigenvalue weighted by Crippen LogP contribution is 2.37. The molecule has 234 valence electrons. The fourth-order valence-electron chi connectivity index (χ4n) is 5.02. The molecular formula is C32H40N6O6. The van der Waals surface area contributed by atoms with Crippen molar-refractivity contribution < 1.29 is 28.6 Å². The zero-order chi connectivity index (χ0) is 31.1. The van der Waals surface area contributed by atoms with Gasteiger partial charge in [-0.15, -0.1) is 0 Å². The van der Waals surface area contributed by atoms with Crippen LogP contribution in [0.4, 0.5) is 16.3 Å². The lowest BCUT2D eigenvalue weighted by atomic mass is 9.93. The molecular weight excluding hydrogens is 564 g/mol. The second kappa shape index (κ2) is 13.9. The van der Waals surface area contributed by atoms with Crippen LogP contribution in [0.1, 0.15) is 58.6 Å². The molecule has 12 heteroatoms. The molecule has 12 nitrogen and oxygen atoms in total. The van der Waals surface area contributed by atoms with Gasteiger partial charge in [0, 0.05) is 55.4 Å². The average molecular weight is 605 g/mol. The van der Waals surface area contributed by atoms with E-state index < -0.39 is 6.03 Å². The third-order valence-corrected chi connectivity index (χ3v) is 7.35. The van der Waals surface area contributed by atoms with Crippen LogP contribution in [-0.2, 0) is 5.41 Å². The molecule has 0 saturated carbocycles. The molecule has 3 heterocycles. The number of carbonyl (C=O) groups is 1. The van der Waals surface area contributed by atoms with Gasteiger partial charge in [-0.3, -0.25) is 10.2 Å². The van der Waals surface area contributed by atoms with E-state index in [0.29, 0.717) is 64.1 Å². The number of likely N-dealkylation sites (tertiary alicyclic amines) is 1. The van der Waals surface area contributed by atoms with Gasteiger partial charge >= 0.3 is 6.03 Å². The Morgan fingerprint density at radius 3 is 2.61 bits per heavy atom. The second-order valence-electron chi connectivity index (χ2n) is 11.8. The first-order valence-electron chi connectivity index (χ1n) is 14.9. The maximum absolute atomic E-state index is 12.6. The van der Waals surface area contributed by atoms with E-state index >= 15 is 0 Å². The third kappa shape index (κ3) is 7.74. The molecule has 0 radical (unpaired) electrons. The molecule has 2 aromatic carbocycles. The Kier molecular flexibility index (Phi) is 9.81. The SMILES string of the molecule is COc1cc2c(Oc3cccc(NC(=O)Nc4cc(C(C)(C)C)on4)c3)ncnc2cc1OC(CCCO)N1CCCCC1. The second-order valence-corrected chi connectivity index (χ2v) is 11.8. The van der Waals surface area contributed by atoms with Gasteiger partial charge in [0.1, 0.15) is 17.8 Å². The lowest BCUT2D eigenvalue weighted by Gasteiger charge is -2.34. The predicted octanol–water partition coefficient (Wildman–Crippen LogP) is 6.32. The van der Waals surface area contributed by atoms with Gasteiger partial charge < -0.3 is 29.2 Å². The van der Waals surface area contributed by atoms with Crippen LogP contribution in [0.5, 0.6) is 23.1 Å². The largest absolute Gasteiger partial charge is 0.493 e. The van der Waals surface area contributed by atoms with Crippen molar-refractivity contribution in [3.8, 4) is 23.1 Å². The van der Waals surface area contributed by atoms with Crippen LogP contribution >= 0.6 is 0 Å². The lowest BCUT2D eigenvalue weighted by molar-refractivity contribution is 0.00105. The van der Waals surface area contributed by atoms with Crippen LogP contribution in [-0.4, -0.2) is 64.2 Å². The molecule has 1 unspecified atom stereocenters. The van der Waals surface area contributed by atoms with Gasteiger partial charge in [-0.25, -0.2) is 14.8 Å². The number of urea groups is 1. The lowest BCUT2D eigenvalue weighted by Crippen LogP contribution is -2.42. The van der Waals surface area contributed by atoms with Crippen molar-refractivity contribution in [2.75, 3.05) is 37.4 Å². The Bertz CT molecular complexity index is 1560. The van der Waals surface area contributed by atoms with Gasteiger partial charge in [0.05, 0.1) is 18.0 Å². The van der Waals surface area contributed by atoms with Crippen LogP contribution in [0.25, 0.3) is 10.9 Å². The summed E-state index contributed by atoms with van der Waals surface area (Å²) in [5.41, 5.74) is 0.910. The average Bonchev–Trinajstić information content (AvgIpc) is 3.49. The maximum Gasteiger partial charge on any atom is 0.324 e. The summed E-state index contributed by atoms with van der Waals surface area (Å²) < 4.78 is 23.7. The number of carbonyl (C=O) groups excluding carboxylic acids is 1. The summed E-state index contributed by atoms with van der Waals surface area (Å²) in [5.74, 6) is 2.87. The topological polar surface area (TPSA) is 144 Å². The Labute approximate surface area is 256 Å². The number of anilines is 2. The van der Waals surface area contributed by atoms with Gasteiger partial charge in [-0.05, 0) is 37.5 Å². The summed E-state index contributed by atoms with van der Waals surface area (Å²) in [7, 11) is 1.59. The van der Waals surface area contributed by atoms with E-state index in [1.54, 1.807) is 43.5 Å². The van der Waals surface area contributed by atoms with Crippen LogP contribution < -0.4 is 24.8 Å². The number of nitrogens with zero attached hydrogens (tertiary/aromatic N) is 4. The number of benzene rings is 2. The van der Waals surface area contributed by atoms with E-state index in [1.165, 1.54) is 12.7 Å². The zero-order valence-corrected chi connectivity index (χ0v) is 25.6. The molecule has 0 aliphatic carbocycles. The van der Waals surface area contributed by atoms with Crippen LogP contribution in [0, 0.1) is 0 Å². The van der Waals surface area contributed by atoms with Crippen molar-refractivity contribution >= 4 is 28.4 Å². The minimum Gasteiger partial charge on any atom is -0.493 e. The number of hydrogen-bond acceptors (Lipinski definition) is 10. The fraction of sp³-hybridized carbons (Fsp3) is 0.438. The summed E-state index contributed by atoms with van der Waals surface area (Å²) in [5, 5.41) is 19.5. The number of fused-ring (bicyclic) bond motifs is 1. The number of methoxy groups -OCH3 is 1. The number of ether oxygens (including phenoxy) is 3. The first-order chi connectivity index (χ1) is 21.2. The van der Waals surface area contributed by atoms with Gasteiger partial charge in [-0.1, -0.05) is 38.4 Å². The minimum atomic E-state index is -0.470. The summed E-state index contributed by atoms with van der Waals surface area (Å²) in [6, 6.07) is 11.8. The quantitative estimate of drug-likeness (QED) is 0.178. The molecule has 1 aliphatic heterocycles. The number of aliphatic hydroxyl groups is 1. The molecule has 1 fully saturated rings. The zero-order valence-electron chi connectivity index (χ0n) is 25.6. The summed E-state index contributed by atoms with van der Waals surface area (Å²) in [6.45, 7) is 8.02. The van der Waals surface area contributed by atoms with E-state index in [2.05, 4.69) is 30.7 Å². The van der Waals surface area contributed by atoms with E-state index in [0.717, 1.165) is 25.9 Å². The number of rotatable bonds is 11. The van der Waals surface area contributed by atoms with Gasteiger partial charge in [0.15, 0.2) is 23.5 Å². The van der Waals surface area contributed by atoms with Crippen molar-refractivity contribution in [1.29, 1.82) is 0 Å². The summed E-state index contributed by atoms with van der Waals surface area (Å²) in [4.78, 5) is 23.8. The van der Waals surface area contributed by atoms with E-state index in [-0.39, 0.29) is 18.2 Å². The Morgan fingerprint density at radius 2 is 1.89 bits per heavy atom. The molecule has 3 N–H and O–H groups in total. The predicted molar refractivity (Wildman–Crippen MR) is 167 cm³/mol. The molecule has 2 amide bonds. The Balaban J connectivity index is 1.31. The number of aromatic nitrogens is 3. The monoisotopic (exact) mass is 604 g/mol. The van der Waals surface area contributed by atoms with Crippen LogP contribution in [0.15, 0.2) is 53.3 Å². The number of nitrogens with one attached hydrogen (secondary N) is 2.